The Labute approximate surface area is 256 Å². The van der Waals surface area contributed by atoms with Crippen LogP contribution in [-0.4, -0.2) is 33.7 Å². The van der Waals surface area contributed by atoms with Crippen LogP contribution in [0.1, 0.15) is 111 Å². The Morgan fingerprint density at radius 2 is 1.12 bits per heavy atom. The van der Waals surface area contributed by atoms with Gasteiger partial charge in [0.2, 0.25) is 0 Å². The average Bonchev–Trinajstić information content (AvgIpc) is 2.91. The van der Waals surface area contributed by atoms with Crippen LogP contribution in [0.3, 0.4) is 0 Å². The van der Waals surface area contributed by atoms with Gasteiger partial charge in [-0.2, -0.15) is 0 Å². The van der Waals surface area contributed by atoms with Crippen LogP contribution in [0.4, 0.5) is 0 Å². The maximum absolute atomic E-state index is 14.0. The van der Waals surface area contributed by atoms with Gasteiger partial charge in [-0.15, -0.1) is 0 Å². The van der Waals surface area contributed by atoms with Crippen molar-refractivity contribution in [2.75, 3.05) is 0 Å². The molecule has 2 aliphatic rings. The van der Waals surface area contributed by atoms with Crippen molar-refractivity contribution in [2.45, 2.75) is 100 Å². The average molecular weight is 589 g/mol. The molecular weight excluding hydrogens is 540 g/mol. The van der Waals surface area contributed by atoms with Gasteiger partial charge in [-0.25, -0.2) is 0 Å². The van der Waals surface area contributed by atoms with Crippen molar-refractivity contribution < 1.29 is 29.4 Å². The number of ketones is 2. The number of carbonyl (C=O) groups excluding carboxylic acids is 2. The molecule has 232 valence electrons. The standard InChI is InChI=1S/C37H48O6/c1-9-37(8)21-25(15-13-19-36(6,7)33(42)43)31(39)29(23-37)27-17-11-10-16-26(27)28-22-34(2,3)20-24(30(28)38)14-12-18-35(4,5)32(40)41/h10-11,16-17,20-23H,9,12-15,18-19H2,1-8H3,(H,40,41)(H,42,43). The number of aliphatic carboxylic acids is 2. The molecule has 43 heavy (non-hydrogen) atoms. The van der Waals surface area contributed by atoms with Gasteiger partial charge in [-0.1, -0.05) is 76.3 Å². The number of carboxylic acids is 2. The Morgan fingerprint density at radius 3 is 1.53 bits per heavy atom. The van der Waals surface area contributed by atoms with Crippen LogP contribution >= 0.6 is 0 Å². The van der Waals surface area contributed by atoms with E-state index in [0.717, 1.165) is 6.42 Å². The fourth-order valence-electron chi connectivity index (χ4n) is 5.82. The first kappa shape index (κ1) is 34.0. The maximum Gasteiger partial charge on any atom is 0.309 e. The van der Waals surface area contributed by atoms with Gasteiger partial charge in [0.1, 0.15) is 0 Å². The van der Waals surface area contributed by atoms with Crippen LogP contribution in [0.2, 0.25) is 0 Å². The van der Waals surface area contributed by atoms with Crippen LogP contribution in [-0.2, 0) is 19.2 Å². The Balaban J connectivity index is 1.96. The molecule has 2 aliphatic carbocycles. The lowest BCUT2D eigenvalue weighted by atomic mass is 9.72. The molecule has 1 aromatic carbocycles. The van der Waals surface area contributed by atoms with Gasteiger partial charge >= 0.3 is 11.9 Å². The number of rotatable bonds is 13. The van der Waals surface area contributed by atoms with Gasteiger partial charge in [0.25, 0.3) is 0 Å². The third kappa shape index (κ3) is 7.90. The first-order chi connectivity index (χ1) is 19.8. The van der Waals surface area contributed by atoms with Gasteiger partial charge in [-0.05, 0) is 94.9 Å². The smallest absolute Gasteiger partial charge is 0.309 e. The Bertz CT molecular complexity index is 1430. The van der Waals surface area contributed by atoms with Gasteiger partial charge in [0, 0.05) is 22.0 Å². The number of carbonyl (C=O) groups is 4. The number of carboxylic acid groups (broad SMARTS) is 2. The first-order valence-corrected chi connectivity index (χ1v) is 15.4. The largest absolute Gasteiger partial charge is 0.481 e. The summed E-state index contributed by atoms with van der Waals surface area (Å²) in [5, 5.41) is 19.0. The van der Waals surface area contributed by atoms with E-state index < -0.39 is 28.2 Å². The molecule has 0 spiro atoms. The van der Waals surface area contributed by atoms with E-state index in [9.17, 15) is 29.4 Å². The lowest BCUT2D eigenvalue weighted by molar-refractivity contribution is -0.148. The molecule has 1 aromatic rings. The first-order valence-electron chi connectivity index (χ1n) is 15.4. The Morgan fingerprint density at radius 1 is 0.698 bits per heavy atom. The summed E-state index contributed by atoms with van der Waals surface area (Å²) < 4.78 is 0. The Kier molecular flexibility index (Phi) is 9.95. The second-order valence-corrected chi connectivity index (χ2v) is 14.4. The van der Waals surface area contributed by atoms with Gasteiger partial charge < -0.3 is 10.2 Å². The van der Waals surface area contributed by atoms with Gasteiger partial charge in [0.05, 0.1) is 10.8 Å². The summed E-state index contributed by atoms with van der Waals surface area (Å²) in [6, 6.07) is 7.56. The number of hydrogen-bond donors (Lipinski definition) is 2. The van der Waals surface area contributed by atoms with E-state index >= 15 is 0 Å². The number of Topliss-reactive ketones (excluding diaryl/α,β-unsaturated/α-hetero) is 2. The van der Waals surface area contributed by atoms with Gasteiger partial charge in [-0.3, -0.25) is 19.2 Å². The van der Waals surface area contributed by atoms with Crippen LogP contribution in [0, 0.1) is 21.7 Å². The molecule has 0 bridgehead atoms. The van der Waals surface area contributed by atoms with E-state index in [0.29, 0.717) is 71.9 Å². The molecule has 3 rings (SSSR count). The summed E-state index contributed by atoms with van der Waals surface area (Å²) in [5.74, 6) is -1.87. The monoisotopic (exact) mass is 588 g/mol. The number of allylic oxidation sites excluding steroid dienone is 8. The molecule has 1 atom stereocenters. The van der Waals surface area contributed by atoms with Crippen molar-refractivity contribution in [1.82, 2.24) is 0 Å². The molecule has 6 nitrogen and oxygen atoms in total. The summed E-state index contributed by atoms with van der Waals surface area (Å²) in [6.45, 7) is 15.1. The lowest BCUT2D eigenvalue weighted by Crippen LogP contribution is -2.25. The van der Waals surface area contributed by atoms with Crippen molar-refractivity contribution >= 4 is 34.7 Å². The minimum absolute atomic E-state index is 0.0821. The summed E-state index contributed by atoms with van der Waals surface area (Å²) in [4.78, 5) is 51.1. The van der Waals surface area contributed by atoms with Crippen LogP contribution < -0.4 is 0 Å². The van der Waals surface area contributed by atoms with Crippen molar-refractivity contribution in [1.29, 1.82) is 0 Å². The molecule has 0 saturated carbocycles. The van der Waals surface area contributed by atoms with Crippen molar-refractivity contribution in [3.05, 3.63) is 70.8 Å². The highest BCUT2D eigenvalue weighted by Gasteiger charge is 2.35. The molecular formula is C37H48O6. The zero-order valence-electron chi connectivity index (χ0n) is 27.1. The Hall–Kier alpha value is -3.54. The number of hydrogen-bond acceptors (Lipinski definition) is 4. The van der Waals surface area contributed by atoms with Crippen molar-refractivity contribution in [2.24, 2.45) is 21.7 Å². The highest BCUT2D eigenvalue weighted by Crippen LogP contribution is 2.43. The molecule has 6 heteroatoms. The van der Waals surface area contributed by atoms with Crippen molar-refractivity contribution in [3.8, 4) is 0 Å². The predicted octanol–water partition coefficient (Wildman–Crippen LogP) is 8.48. The molecule has 0 radical (unpaired) electrons. The van der Waals surface area contributed by atoms with Crippen LogP contribution in [0.5, 0.6) is 0 Å². The number of benzene rings is 1. The minimum atomic E-state index is -0.868. The topological polar surface area (TPSA) is 109 Å². The van der Waals surface area contributed by atoms with E-state index in [1.54, 1.807) is 27.7 Å². The molecule has 0 aromatic heterocycles. The second-order valence-electron chi connectivity index (χ2n) is 14.4. The third-order valence-corrected chi connectivity index (χ3v) is 9.04. The summed E-state index contributed by atoms with van der Waals surface area (Å²) >= 11 is 0. The summed E-state index contributed by atoms with van der Waals surface area (Å²) in [6.07, 6.45) is 11.8. The molecule has 0 amide bonds. The van der Waals surface area contributed by atoms with Crippen LogP contribution in [0.25, 0.3) is 11.1 Å². The zero-order valence-corrected chi connectivity index (χ0v) is 27.1. The van der Waals surface area contributed by atoms with E-state index in [1.165, 1.54) is 0 Å². The lowest BCUT2D eigenvalue weighted by Gasteiger charge is -2.31. The van der Waals surface area contributed by atoms with E-state index in [4.69, 9.17) is 0 Å². The molecule has 0 saturated heterocycles. The molecule has 0 heterocycles. The summed E-state index contributed by atoms with van der Waals surface area (Å²) in [7, 11) is 0. The molecule has 0 fully saturated rings. The van der Waals surface area contributed by atoms with Crippen molar-refractivity contribution in [3.63, 3.8) is 0 Å². The van der Waals surface area contributed by atoms with E-state index in [-0.39, 0.29) is 17.0 Å². The van der Waals surface area contributed by atoms with E-state index in [1.807, 2.05) is 62.4 Å². The fraction of sp³-hybridized carbons (Fsp3) is 0.514. The van der Waals surface area contributed by atoms with E-state index in [2.05, 4.69) is 13.8 Å². The molecule has 1 unspecified atom stereocenters. The highest BCUT2D eigenvalue weighted by molar-refractivity contribution is 6.34. The fourth-order valence-corrected chi connectivity index (χ4v) is 5.82. The quantitative estimate of drug-likeness (QED) is 0.239. The summed E-state index contributed by atoms with van der Waals surface area (Å²) in [5.41, 5.74) is 1.41. The minimum Gasteiger partial charge on any atom is -0.481 e. The van der Waals surface area contributed by atoms with Crippen LogP contribution in [0.15, 0.2) is 59.7 Å². The maximum atomic E-state index is 14.0. The van der Waals surface area contributed by atoms with Gasteiger partial charge in [0.15, 0.2) is 11.6 Å². The SMILES string of the molecule is CCC1(C)C=C(CCCC(C)(C)C(=O)O)C(=O)C(c2ccccc2C2=CC(C)(C)C=C(CCCC(C)(C)C(=O)O)C2=O)=C1. The second kappa shape index (κ2) is 12.6. The highest BCUT2D eigenvalue weighted by atomic mass is 16.4. The molecule has 0 aliphatic heterocycles. The molecule has 2 N–H and O–H groups in total. The predicted molar refractivity (Wildman–Crippen MR) is 171 cm³/mol. The normalized spacial score (nSPS) is 20.7. The zero-order chi connectivity index (χ0) is 32.4. The third-order valence-electron chi connectivity index (χ3n) is 9.04.